The number of ether oxygens (including phenoxy) is 1. The summed E-state index contributed by atoms with van der Waals surface area (Å²) in [6.07, 6.45) is 0.891. The first kappa shape index (κ1) is 15.0. The van der Waals surface area contributed by atoms with Gasteiger partial charge in [0.2, 0.25) is 0 Å². The number of methoxy groups -OCH3 is 1. The second kappa shape index (κ2) is 6.21. The van der Waals surface area contributed by atoms with Crippen molar-refractivity contribution in [3.05, 3.63) is 29.8 Å². The van der Waals surface area contributed by atoms with E-state index in [0.717, 1.165) is 12.2 Å². The Bertz CT molecular complexity index is 379. The molecule has 0 aliphatic rings. The fourth-order valence-corrected chi connectivity index (χ4v) is 2.22. The molecule has 0 spiro atoms. The van der Waals surface area contributed by atoms with E-state index >= 15 is 0 Å². The molecule has 0 aromatic heterocycles. The molecular formula is C15H26N2O. The van der Waals surface area contributed by atoms with Gasteiger partial charge in [-0.25, -0.2) is 0 Å². The van der Waals surface area contributed by atoms with Gasteiger partial charge < -0.3 is 10.5 Å². The zero-order chi connectivity index (χ0) is 13.8. The Labute approximate surface area is 111 Å². The molecule has 1 atom stereocenters. The van der Waals surface area contributed by atoms with Crippen molar-refractivity contribution in [1.29, 1.82) is 0 Å². The highest BCUT2D eigenvalue weighted by Gasteiger charge is 2.30. The molecule has 1 aromatic carbocycles. The molecule has 0 saturated carbocycles. The molecule has 1 unspecified atom stereocenters. The zero-order valence-electron chi connectivity index (χ0n) is 12.2. The van der Waals surface area contributed by atoms with Gasteiger partial charge in [0.15, 0.2) is 0 Å². The van der Waals surface area contributed by atoms with E-state index in [1.54, 1.807) is 7.11 Å². The van der Waals surface area contributed by atoms with Crippen molar-refractivity contribution < 1.29 is 4.74 Å². The Hall–Kier alpha value is -1.06. The van der Waals surface area contributed by atoms with E-state index in [1.165, 1.54) is 5.56 Å². The molecule has 0 fully saturated rings. The van der Waals surface area contributed by atoms with Crippen LogP contribution in [0.2, 0.25) is 0 Å². The third-order valence-electron chi connectivity index (χ3n) is 3.83. The highest BCUT2D eigenvalue weighted by molar-refractivity contribution is 5.34. The van der Waals surface area contributed by atoms with Gasteiger partial charge in [-0.3, -0.25) is 4.90 Å². The van der Waals surface area contributed by atoms with Crippen LogP contribution in [-0.2, 0) is 6.42 Å². The minimum atomic E-state index is -0.0528. The molecule has 3 heteroatoms. The van der Waals surface area contributed by atoms with Gasteiger partial charge in [0.05, 0.1) is 7.11 Å². The van der Waals surface area contributed by atoms with Gasteiger partial charge in [-0.05, 0) is 45.9 Å². The fourth-order valence-electron chi connectivity index (χ4n) is 2.22. The van der Waals surface area contributed by atoms with Crippen LogP contribution in [0, 0.1) is 0 Å². The normalized spacial score (nSPS) is 14.9. The SMILES string of the molecule is COc1ccccc1CC(C)(CN)N(C)C(C)C. The molecule has 0 radical (unpaired) electrons. The van der Waals surface area contributed by atoms with E-state index < -0.39 is 0 Å². The highest BCUT2D eigenvalue weighted by Crippen LogP contribution is 2.26. The molecule has 1 rings (SSSR count). The molecule has 1 aromatic rings. The van der Waals surface area contributed by atoms with Crippen LogP contribution >= 0.6 is 0 Å². The Morgan fingerprint density at radius 1 is 1.33 bits per heavy atom. The van der Waals surface area contributed by atoms with E-state index in [0.29, 0.717) is 12.6 Å². The first-order valence-corrected chi connectivity index (χ1v) is 6.49. The van der Waals surface area contributed by atoms with Crippen molar-refractivity contribution in [3.63, 3.8) is 0 Å². The monoisotopic (exact) mass is 250 g/mol. The zero-order valence-corrected chi connectivity index (χ0v) is 12.2. The molecule has 18 heavy (non-hydrogen) atoms. The maximum Gasteiger partial charge on any atom is 0.122 e. The lowest BCUT2D eigenvalue weighted by atomic mass is 9.90. The molecule has 3 nitrogen and oxygen atoms in total. The topological polar surface area (TPSA) is 38.5 Å². The lowest BCUT2D eigenvalue weighted by Gasteiger charge is -2.41. The molecule has 0 amide bonds. The van der Waals surface area contributed by atoms with Crippen LogP contribution in [0.5, 0.6) is 5.75 Å². The van der Waals surface area contributed by atoms with Gasteiger partial charge in [0.1, 0.15) is 5.75 Å². The first-order valence-electron chi connectivity index (χ1n) is 6.49. The molecule has 0 bridgehead atoms. The summed E-state index contributed by atoms with van der Waals surface area (Å²) in [5.41, 5.74) is 7.16. The Morgan fingerprint density at radius 2 is 1.94 bits per heavy atom. The molecule has 0 aliphatic heterocycles. The van der Waals surface area contributed by atoms with Crippen molar-refractivity contribution in [3.8, 4) is 5.75 Å². The van der Waals surface area contributed by atoms with Crippen LogP contribution in [0.1, 0.15) is 26.3 Å². The summed E-state index contributed by atoms with van der Waals surface area (Å²) in [4.78, 5) is 2.33. The number of hydrogen-bond acceptors (Lipinski definition) is 3. The van der Waals surface area contributed by atoms with Crippen molar-refractivity contribution >= 4 is 0 Å². The number of rotatable bonds is 6. The first-order chi connectivity index (χ1) is 8.44. The van der Waals surface area contributed by atoms with E-state index in [-0.39, 0.29) is 5.54 Å². The molecule has 102 valence electrons. The van der Waals surface area contributed by atoms with Crippen LogP contribution in [-0.4, -0.2) is 37.2 Å². The standard InChI is InChI=1S/C15H26N2O/c1-12(2)17(4)15(3,11-16)10-13-8-6-7-9-14(13)18-5/h6-9,12H,10-11,16H2,1-5H3. The van der Waals surface area contributed by atoms with Crippen LogP contribution in [0.4, 0.5) is 0 Å². The predicted molar refractivity (Wildman–Crippen MR) is 77.1 cm³/mol. The third kappa shape index (κ3) is 3.24. The average molecular weight is 250 g/mol. The predicted octanol–water partition coefficient (Wildman–Crippen LogP) is 2.30. The number of nitrogens with zero attached hydrogens (tertiary/aromatic N) is 1. The molecule has 2 N–H and O–H groups in total. The average Bonchev–Trinajstić information content (AvgIpc) is 2.38. The second-order valence-corrected chi connectivity index (χ2v) is 5.39. The minimum Gasteiger partial charge on any atom is -0.496 e. The minimum absolute atomic E-state index is 0.0528. The molecular weight excluding hydrogens is 224 g/mol. The summed E-state index contributed by atoms with van der Waals surface area (Å²) >= 11 is 0. The highest BCUT2D eigenvalue weighted by atomic mass is 16.5. The summed E-state index contributed by atoms with van der Waals surface area (Å²) < 4.78 is 5.42. The number of nitrogens with two attached hydrogens (primary N) is 1. The van der Waals surface area contributed by atoms with E-state index in [4.69, 9.17) is 10.5 Å². The van der Waals surface area contributed by atoms with Gasteiger partial charge >= 0.3 is 0 Å². The lowest BCUT2D eigenvalue weighted by Crippen LogP contribution is -2.54. The summed E-state index contributed by atoms with van der Waals surface area (Å²) in [5, 5.41) is 0. The summed E-state index contributed by atoms with van der Waals surface area (Å²) in [6.45, 7) is 7.21. The smallest absolute Gasteiger partial charge is 0.122 e. The van der Waals surface area contributed by atoms with Gasteiger partial charge in [-0.15, -0.1) is 0 Å². The lowest BCUT2D eigenvalue weighted by molar-refractivity contribution is 0.108. The number of benzene rings is 1. The molecule has 0 saturated heterocycles. The van der Waals surface area contributed by atoms with Crippen molar-refractivity contribution in [1.82, 2.24) is 4.90 Å². The third-order valence-corrected chi connectivity index (χ3v) is 3.83. The van der Waals surface area contributed by atoms with Gasteiger partial charge in [0, 0.05) is 18.1 Å². The van der Waals surface area contributed by atoms with E-state index in [2.05, 4.69) is 38.8 Å². The molecule has 0 aliphatic carbocycles. The van der Waals surface area contributed by atoms with Crippen molar-refractivity contribution in [2.75, 3.05) is 20.7 Å². The number of para-hydroxylation sites is 1. The largest absolute Gasteiger partial charge is 0.496 e. The van der Waals surface area contributed by atoms with Crippen molar-refractivity contribution in [2.24, 2.45) is 5.73 Å². The molecule has 0 heterocycles. The summed E-state index contributed by atoms with van der Waals surface area (Å²) in [6, 6.07) is 8.62. The second-order valence-electron chi connectivity index (χ2n) is 5.39. The maximum atomic E-state index is 6.00. The van der Waals surface area contributed by atoms with Gasteiger partial charge in [-0.2, -0.15) is 0 Å². The Kier molecular flexibility index (Phi) is 5.17. The van der Waals surface area contributed by atoms with Crippen LogP contribution in [0.15, 0.2) is 24.3 Å². The van der Waals surface area contributed by atoms with Crippen molar-refractivity contribution in [2.45, 2.75) is 38.8 Å². The number of hydrogen-bond donors (Lipinski definition) is 1. The number of likely N-dealkylation sites (N-methyl/N-ethyl adjacent to an activating group) is 1. The summed E-state index contributed by atoms with van der Waals surface area (Å²) in [5.74, 6) is 0.939. The van der Waals surface area contributed by atoms with E-state index in [1.807, 2.05) is 18.2 Å². The van der Waals surface area contributed by atoms with Crippen LogP contribution in [0.25, 0.3) is 0 Å². The summed E-state index contributed by atoms with van der Waals surface area (Å²) in [7, 11) is 3.84. The van der Waals surface area contributed by atoms with Gasteiger partial charge in [0.25, 0.3) is 0 Å². The Balaban J connectivity index is 2.98. The van der Waals surface area contributed by atoms with Crippen LogP contribution < -0.4 is 10.5 Å². The maximum absolute atomic E-state index is 6.00. The quantitative estimate of drug-likeness (QED) is 0.842. The fraction of sp³-hybridized carbons (Fsp3) is 0.600. The van der Waals surface area contributed by atoms with Crippen LogP contribution in [0.3, 0.4) is 0 Å². The Morgan fingerprint density at radius 3 is 2.44 bits per heavy atom. The van der Waals surface area contributed by atoms with E-state index in [9.17, 15) is 0 Å². The van der Waals surface area contributed by atoms with Gasteiger partial charge in [-0.1, -0.05) is 18.2 Å².